The van der Waals surface area contributed by atoms with E-state index in [1.807, 2.05) is 25.1 Å². The number of halogens is 1. The first kappa shape index (κ1) is 13.8. The molecule has 18 heavy (non-hydrogen) atoms. The van der Waals surface area contributed by atoms with Crippen molar-refractivity contribution in [1.82, 2.24) is 5.32 Å². The Hall–Kier alpha value is -0.580. The molecule has 3 nitrogen and oxygen atoms in total. The molecule has 2 rings (SSSR count). The molecule has 2 N–H and O–H groups in total. The van der Waals surface area contributed by atoms with E-state index < -0.39 is 5.60 Å². The van der Waals surface area contributed by atoms with Crippen molar-refractivity contribution in [3.63, 3.8) is 0 Å². The fraction of sp³-hybridized carbons (Fsp3) is 0.571. The van der Waals surface area contributed by atoms with Crippen LogP contribution in [0.1, 0.15) is 25.3 Å². The minimum Gasteiger partial charge on any atom is -0.496 e. The number of rotatable bonds is 6. The Labute approximate surface area is 117 Å². The first-order chi connectivity index (χ1) is 8.50. The van der Waals surface area contributed by atoms with Gasteiger partial charge in [0.2, 0.25) is 0 Å². The van der Waals surface area contributed by atoms with Gasteiger partial charge in [0.1, 0.15) is 5.75 Å². The summed E-state index contributed by atoms with van der Waals surface area (Å²) in [4.78, 5) is 0. The Morgan fingerprint density at radius 1 is 1.50 bits per heavy atom. The van der Waals surface area contributed by atoms with Crippen molar-refractivity contribution in [1.29, 1.82) is 0 Å². The minimum absolute atomic E-state index is 0.579. The van der Waals surface area contributed by atoms with Gasteiger partial charge in [0, 0.05) is 23.5 Å². The van der Waals surface area contributed by atoms with Gasteiger partial charge in [-0.15, -0.1) is 0 Å². The van der Waals surface area contributed by atoms with Crippen LogP contribution in [0.5, 0.6) is 5.75 Å². The Bertz CT molecular complexity index is 416. The SMILES string of the molecule is COc1ccc(Br)cc1CC(C)(O)CNC1CC1. The first-order valence-corrected chi connectivity index (χ1v) is 7.08. The Morgan fingerprint density at radius 2 is 2.22 bits per heavy atom. The van der Waals surface area contributed by atoms with Gasteiger partial charge in [-0.3, -0.25) is 0 Å². The summed E-state index contributed by atoms with van der Waals surface area (Å²) in [6.07, 6.45) is 3.04. The summed E-state index contributed by atoms with van der Waals surface area (Å²) in [5.41, 5.74) is 0.269. The average Bonchev–Trinajstić information content (AvgIpc) is 3.10. The van der Waals surface area contributed by atoms with Crippen LogP contribution < -0.4 is 10.1 Å². The van der Waals surface area contributed by atoms with Gasteiger partial charge in [0.05, 0.1) is 12.7 Å². The molecule has 1 atom stereocenters. The van der Waals surface area contributed by atoms with Gasteiger partial charge in [-0.05, 0) is 43.5 Å². The van der Waals surface area contributed by atoms with E-state index in [-0.39, 0.29) is 0 Å². The van der Waals surface area contributed by atoms with Crippen LogP contribution in [-0.4, -0.2) is 30.4 Å². The number of ether oxygens (including phenoxy) is 1. The maximum Gasteiger partial charge on any atom is 0.122 e. The van der Waals surface area contributed by atoms with Gasteiger partial charge in [0.15, 0.2) is 0 Å². The quantitative estimate of drug-likeness (QED) is 0.848. The van der Waals surface area contributed by atoms with Crippen molar-refractivity contribution in [2.45, 2.75) is 37.8 Å². The highest BCUT2D eigenvalue weighted by molar-refractivity contribution is 9.10. The van der Waals surface area contributed by atoms with E-state index in [4.69, 9.17) is 4.74 Å². The van der Waals surface area contributed by atoms with Crippen molar-refractivity contribution in [3.8, 4) is 5.75 Å². The van der Waals surface area contributed by atoms with E-state index in [0.29, 0.717) is 19.0 Å². The molecule has 1 unspecified atom stereocenters. The lowest BCUT2D eigenvalue weighted by atomic mass is 9.96. The van der Waals surface area contributed by atoms with Crippen molar-refractivity contribution in [2.75, 3.05) is 13.7 Å². The second kappa shape index (κ2) is 5.59. The summed E-state index contributed by atoms with van der Waals surface area (Å²) in [6, 6.07) is 6.48. The topological polar surface area (TPSA) is 41.5 Å². The molecule has 0 amide bonds. The van der Waals surface area contributed by atoms with Gasteiger partial charge < -0.3 is 15.2 Å². The summed E-state index contributed by atoms with van der Waals surface area (Å²) in [5, 5.41) is 13.8. The fourth-order valence-electron chi connectivity index (χ4n) is 2.01. The van der Waals surface area contributed by atoms with Gasteiger partial charge in [-0.1, -0.05) is 15.9 Å². The second-order valence-electron chi connectivity index (χ2n) is 5.29. The van der Waals surface area contributed by atoms with E-state index in [9.17, 15) is 5.11 Å². The van der Waals surface area contributed by atoms with Crippen LogP contribution in [0.15, 0.2) is 22.7 Å². The normalized spacial score (nSPS) is 18.4. The molecule has 1 saturated carbocycles. The molecule has 0 heterocycles. The third kappa shape index (κ3) is 3.97. The van der Waals surface area contributed by atoms with Crippen molar-refractivity contribution < 1.29 is 9.84 Å². The molecule has 0 spiro atoms. The van der Waals surface area contributed by atoms with Gasteiger partial charge in [-0.2, -0.15) is 0 Å². The maximum atomic E-state index is 10.4. The molecule has 4 heteroatoms. The Morgan fingerprint density at radius 3 is 2.83 bits per heavy atom. The molecule has 1 aromatic carbocycles. The summed E-state index contributed by atoms with van der Waals surface area (Å²) in [7, 11) is 1.66. The molecule has 1 aliphatic carbocycles. The van der Waals surface area contributed by atoms with E-state index in [1.54, 1.807) is 7.11 Å². The van der Waals surface area contributed by atoms with Gasteiger partial charge in [0.25, 0.3) is 0 Å². The highest BCUT2D eigenvalue weighted by Gasteiger charge is 2.27. The number of benzene rings is 1. The highest BCUT2D eigenvalue weighted by Crippen LogP contribution is 2.27. The van der Waals surface area contributed by atoms with E-state index >= 15 is 0 Å². The smallest absolute Gasteiger partial charge is 0.122 e. The molecule has 1 aliphatic rings. The van der Waals surface area contributed by atoms with Crippen molar-refractivity contribution >= 4 is 15.9 Å². The number of hydrogen-bond acceptors (Lipinski definition) is 3. The number of nitrogens with one attached hydrogen (secondary N) is 1. The van der Waals surface area contributed by atoms with E-state index in [0.717, 1.165) is 15.8 Å². The molecule has 100 valence electrons. The molecule has 0 radical (unpaired) electrons. The maximum absolute atomic E-state index is 10.4. The van der Waals surface area contributed by atoms with Gasteiger partial charge >= 0.3 is 0 Å². The third-order valence-electron chi connectivity index (χ3n) is 3.16. The van der Waals surface area contributed by atoms with Crippen LogP contribution in [0, 0.1) is 0 Å². The van der Waals surface area contributed by atoms with Crippen LogP contribution >= 0.6 is 15.9 Å². The second-order valence-corrected chi connectivity index (χ2v) is 6.20. The van der Waals surface area contributed by atoms with Crippen LogP contribution in [-0.2, 0) is 6.42 Å². The molecule has 0 saturated heterocycles. The largest absolute Gasteiger partial charge is 0.496 e. The zero-order valence-electron chi connectivity index (χ0n) is 10.9. The van der Waals surface area contributed by atoms with E-state index in [2.05, 4.69) is 21.2 Å². The Kier molecular flexibility index (Phi) is 4.30. The lowest BCUT2D eigenvalue weighted by Crippen LogP contribution is -2.40. The van der Waals surface area contributed by atoms with Gasteiger partial charge in [-0.25, -0.2) is 0 Å². The van der Waals surface area contributed by atoms with Crippen molar-refractivity contribution in [2.24, 2.45) is 0 Å². The van der Waals surface area contributed by atoms with E-state index in [1.165, 1.54) is 12.8 Å². The van der Waals surface area contributed by atoms with Crippen LogP contribution in [0.2, 0.25) is 0 Å². The molecule has 1 fully saturated rings. The van der Waals surface area contributed by atoms with Crippen LogP contribution in [0.25, 0.3) is 0 Å². The predicted molar refractivity (Wildman–Crippen MR) is 76.0 cm³/mol. The van der Waals surface area contributed by atoms with Crippen LogP contribution in [0.3, 0.4) is 0 Å². The molecule has 0 bridgehead atoms. The predicted octanol–water partition coefficient (Wildman–Crippen LogP) is 2.50. The molecule has 0 aromatic heterocycles. The summed E-state index contributed by atoms with van der Waals surface area (Å²) in [6.45, 7) is 2.48. The number of methoxy groups -OCH3 is 1. The third-order valence-corrected chi connectivity index (χ3v) is 3.66. The number of aliphatic hydroxyl groups is 1. The molecular formula is C14H20BrNO2. The average molecular weight is 314 g/mol. The number of hydrogen-bond donors (Lipinski definition) is 2. The molecular weight excluding hydrogens is 294 g/mol. The standard InChI is InChI=1S/C14H20BrNO2/c1-14(17,9-16-12-4-5-12)8-10-7-11(15)3-6-13(10)18-2/h3,6-7,12,16-17H,4-5,8-9H2,1-2H3. The minimum atomic E-state index is -0.753. The highest BCUT2D eigenvalue weighted by atomic mass is 79.9. The summed E-state index contributed by atoms with van der Waals surface area (Å²) in [5.74, 6) is 0.824. The lowest BCUT2D eigenvalue weighted by molar-refractivity contribution is 0.0591. The first-order valence-electron chi connectivity index (χ1n) is 6.28. The summed E-state index contributed by atoms with van der Waals surface area (Å²) < 4.78 is 6.34. The monoisotopic (exact) mass is 313 g/mol. The molecule has 1 aromatic rings. The van der Waals surface area contributed by atoms with Crippen LogP contribution in [0.4, 0.5) is 0 Å². The molecule has 0 aliphatic heterocycles. The van der Waals surface area contributed by atoms with Crippen molar-refractivity contribution in [3.05, 3.63) is 28.2 Å². The lowest BCUT2D eigenvalue weighted by Gasteiger charge is -2.25. The summed E-state index contributed by atoms with van der Waals surface area (Å²) >= 11 is 3.45. The zero-order valence-corrected chi connectivity index (χ0v) is 12.5. The fourth-order valence-corrected chi connectivity index (χ4v) is 2.42. The zero-order chi connectivity index (χ0) is 13.2. The Balaban J connectivity index is 2.03.